The molecule has 3 aromatic rings. The van der Waals surface area contributed by atoms with Crippen molar-refractivity contribution in [2.45, 2.75) is 6.54 Å². The number of nitrogens with two attached hydrogens (primary N) is 1. The first-order chi connectivity index (χ1) is 15.6. The normalized spacial score (nSPS) is 15.3. The second-order valence-electron chi connectivity index (χ2n) is 7.41. The third-order valence-corrected chi connectivity index (χ3v) is 5.63. The van der Waals surface area contributed by atoms with Crippen molar-refractivity contribution < 1.29 is 4.74 Å². The molecule has 0 atom stereocenters. The van der Waals surface area contributed by atoms with Crippen LogP contribution in [-0.2, 0) is 11.3 Å². The van der Waals surface area contributed by atoms with E-state index in [2.05, 4.69) is 59.8 Å². The molecule has 0 unspecified atom stereocenters. The number of hydrogen-bond acceptors (Lipinski definition) is 7. The van der Waals surface area contributed by atoms with Crippen LogP contribution in [0.1, 0.15) is 11.1 Å². The van der Waals surface area contributed by atoms with Gasteiger partial charge in [0, 0.05) is 65.6 Å². The van der Waals surface area contributed by atoms with Crippen LogP contribution in [0.25, 0.3) is 16.5 Å². The van der Waals surface area contributed by atoms with Gasteiger partial charge in [0.05, 0.1) is 18.7 Å². The number of anilines is 2. The molecule has 0 radical (unpaired) electrons. The predicted molar refractivity (Wildman–Crippen MR) is 134 cm³/mol. The summed E-state index contributed by atoms with van der Waals surface area (Å²) in [7, 11) is 0. The number of hydrogen-bond donors (Lipinski definition) is 2. The molecule has 2 heterocycles. The van der Waals surface area contributed by atoms with Crippen LogP contribution in [-0.4, -0.2) is 47.4 Å². The van der Waals surface area contributed by atoms with Gasteiger partial charge in [0.15, 0.2) is 0 Å². The van der Waals surface area contributed by atoms with E-state index >= 15 is 0 Å². The van der Waals surface area contributed by atoms with Crippen molar-refractivity contribution in [2.75, 3.05) is 31.6 Å². The number of morpholine rings is 1. The topological polar surface area (TPSA) is 88.7 Å². The fourth-order valence-corrected chi connectivity index (χ4v) is 3.96. The maximum absolute atomic E-state index is 5.89. The monoisotopic (exact) mass is 492 g/mol. The fourth-order valence-electron chi connectivity index (χ4n) is 3.58. The smallest absolute Gasteiger partial charge is 0.227 e. The first kappa shape index (κ1) is 22.1. The number of rotatable bonds is 7. The molecule has 1 aromatic heterocycles. The van der Waals surface area contributed by atoms with Gasteiger partial charge in [0.25, 0.3) is 0 Å². The highest BCUT2D eigenvalue weighted by Gasteiger charge is 2.13. The number of fused-ring (bicyclic) bond motifs is 1. The van der Waals surface area contributed by atoms with Crippen LogP contribution in [0, 0.1) is 0 Å². The number of nitrogens with one attached hydrogen (secondary N) is 1. The average Bonchev–Trinajstić information content (AvgIpc) is 2.80. The molecule has 0 aliphatic carbocycles. The van der Waals surface area contributed by atoms with E-state index in [1.165, 1.54) is 6.20 Å². The van der Waals surface area contributed by atoms with Gasteiger partial charge in [-0.25, -0.2) is 9.97 Å². The summed E-state index contributed by atoms with van der Waals surface area (Å²) in [6.45, 7) is 7.79. The zero-order valence-corrected chi connectivity index (χ0v) is 19.3. The van der Waals surface area contributed by atoms with E-state index in [9.17, 15) is 0 Å². The lowest BCUT2D eigenvalue weighted by Crippen LogP contribution is -2.35. The van der Waals surface area contributed by atoms with E-state index in [1.54, 1.807) is 12.4 Å². The average molecular weight is 493 g/mol. The van der Waals surface area contributed by atoms with Gasteiger partial charge in [-0.3, -0.25) is 9.89 Å². The molecule has 2 aromatic carbocycles. The number of ether oxygens (including phenoxy) is 1. The largest absolute Gasteiger partial charge is 0.404 e. The summed E-state index contributed by atoms with van der Waals surface area (Å²) >= 11 is 3.48. The van der Waals surface area contributed by atoms with Crippen molar-refractivity contribution in [2.24, 2.45) is 10.7 Å². The van der Waals surface area contributed by atoms with Crippen LogP contribution in [0.3, 0.4) is 0 Å². The van der Waals surface area contributed by atoms with Crippen molar-refractivity contribution in [3.63, 3.8) is 0 Å². The number of allylic oxidation sites excluding steroid dienone is 1. The third-order valence-electron chi connectivity index (χ3n) is 5.13. The van der Waals surface area contributed by atoms with Crippen LogP contribution >= 0.6 is 15.9 Å². The van der Waals surface area contributed by atoms with Gasteiger partial charge in [-0.2, -0.15) is 0 Å². The number of benzene rings is 2. The first-order valence-electron chi connectivity index (χ1n) is 10.3. The number of aromatic nitrogens is 2. The van der Waals surface area contributed by atoms with Gasteiger partial charge in [-0.15, -0.1) is 0 Å². The summed E-state index contributed by atoms with van der Waals surface area (Å²) in [5.41, 5.74) is 10.6. The Morgan fingerprint density at radius 2 is 2.09 bits per heavy atom. The Balaban J connectivity index is 1.66. The lowest BCUT2D eigenvalue weighted by atomic mass is 10.0. The van der Waals surface area contributed by atoms with E-state index in [0.29, 0.717) is 5.95 Å². The molecule has 164 valence electrons. The molecular formula is C24H25BrN6O. The molecule has 4 rings (SSSR count). The molecule has 0 spiro atoms. The summed E-state index contributed by atoms with van der Waals surface area (Å²) in [4.78, 5) is 15.6. The second-order valence-corrected chi connectivity index (χ2v) is 8.33. The Bertz CT molecular complexity index is 1170. The first-order valence-corrected chi connectivity index (χ1v) is 11.1. The maximum Gasteiger partial charge on any atom is 0.227 e. The minimum Gasteiger partial charge on any atom is -0.404 e. The molecule has 1 aliphatic rings. The molecule has 0 bridgehead atoms. The Hall–Kier alpha value is -3.07. The van der Waals surface area contributed by atoms with Crippen molar-refractivity contribution >= 4 is 50.3 Å². The van der Waals surface area contributed by atoms with Crippen molar-refractivity contribution in [1.29, 1.82) is 0 Å². The Kier molecular flexibility index (Phi) is 7.26. The summed E-state index contributed by atoms with van der Waals surface area (Å²) < 4.78 is 6.48. The van der Waals surface area contributed by atoms with Crippen molar-refractivity contribution in [3.8, 4) is 0 Å². The Morgan fingerprint density at radius 1 is 1.25 bits per heavy atom. The molecule has 0 saturated carbocycles. The minimum absolute atomic E-state index is 0.535. The van der Waals surface area contributed by atoms with E-state index in [0.717, 1.165) is 70.6 Å². The van der Waals surface area contributed by atoms with E-state index < -0.39 is 0 Å². The van der Waals surface area contributed by atoms with Gasteiger partial charge in [0.1, 0.15) is 0 Å². The van der Waals surface area contributed by atoms with Gasteiger partial charge in [-0.05, 0) is 47.5 Å². The van der Waals surface area contributed by atoms with Crippen LogP contribution in [0.5, 0.6) is 0 Å². The van der Waals surface area contributed by atoms with Gasteiger partial charge < -0.3 is 15.8 Å². The maximum atomic E-state index is 5.89. The van der Waals surface area contributed by atoms with E-state index in [4.69, 9.17) is 10.5 Å². The molecule has 0 amide bonds. The number of nitrogens with zero attached hydrogens (tertiary/aromatic N) is 4. The van der Waals surface area contributed by atoms with Crippen molar-refractivity contribution in [3.05, 3.63) is 77.2 Å². The highest BCUT2D eigenvalue weighted by molar-refractivity contribution is 9.10. The molecule has 1 fully saturated rings. The zero-order valence-electron chi connectivity index (χ0n) is 17.7. The Labute approximate surface area is 195 Å². The highest BCUT2D eigenvalue weighted by Crippen LogP contribution is 2.25. The predicted octanol–water partition coefficient (Wildman–Crippen LogP) is 4.48. The number of halogens is 1. The quantitative estimate of drug-likeness (QED) is 0.472. The SMILES string of the molecule is C=CN=C/C(=C\N)c1cc(CN2CCOCC2)cc(Nc2ncc3cc(Br)ccc3n2)c1. The number of aliphatic imine (C=N–C) groups is 1. The second kappa shape index (κ2) is 10.5. The summed E-state index contributed by atoms with van der Waals surface area (Å²) in [5, 5.41) is 4.33. The van der Waals surface area contributed by atoms with Gasteiger partial charge in [0.2, 0.25) is 5.95 Å². The van der Waals surface area contributed by atoms with Gasteiger partial charge in [-0.1, -0.05) is 22.5 Å². The molecule has 1 aliphatic heterocycles. The zero-order chi connectivity index (χ0) is 22.3. The summed E-state index contributed by atoms with van der Waals surface area (Å²) in [6, 6.07) is 12.2. The molecule has 7 nitrogen and oxygen atoms in total. The van der Waals surface area contributed by atoms with Crippen LogP contribution in [0.4, 0.5) is 11.6 Å². The summed E-state index contributed by atoms with van der Waals surface area (Å²) in [5.74, 6) is 0.535. The standard InChI is InChI=1S/C24H25BrN6O/c1-2-27-14-20(13-26)18-9-17(16-31-5-7-32-8-6-31)10-22(12-18)29-24-28-15-19-11-21(25)3-4-23(19)30-24/h2-4,9-15H,1,5-8,16,26H2,(H,28,29,30)/b20-13+,27-14?. The van der Waals surface area contributed by atoms with E-state index in [-0.39, 0.29) is 0 Å². The van der Waals surface area contributed by atoms with Crippen LogP contribution in [0.2, 0.25) is 0 Å². The van der Waals surface area contributed by atoms with Gasteiger partial charge >= 0.3 is 0 Å². The third kappa shape index (κ3) is 5.59. The molecular weight excluding hydrogens is 468 g/mol. The van der Waals surface area contributed by atoms with Crippen LogP contribution in [0.15, 0.2) is 71.0 Å². The fraction of sp³-hybridized carbons (Fsp3) is 0.208. The Morgan fingerprint density at radius 3 is 2.88 bits per heavy atom. The molecule has 32 heavy (non-hydrogen) atoms. The summed E-state index contributed by atoms with van der Waals surface area (Å²) in [6.07, 6.45) is 6.56. The molecule has 3 N–H and O–H groups in total. The minimum atomic E-state index is 0.535. The van der Waals surface area contributed by atoms with Crippen LogP contribution < -0.4 is 11.1 Å². The van der Waals surface area contributed by atoms with E-state index in [1.807, 2.05) is 30.5 Å². The molecule has 8 heteroatoms. The molecule has 1 saturated heterocycles. The highest BCUT2D eigenvalue weighted by atomic mass is 79.9. The van der Waals surface area contributed by atoms with Crippen molar-refractivity contribution in [1.82, 2.24) is 14.9 Å². The lowest BCUT2D eigenvalue weighted by molar-refractivity contribution is 0.0342. The lowest BCUT2D eigenvalue weighted by Gasteiger charge is -2.27.